The first-order valence-corrected chi connectivity index (χ1v) is 6.41. The number of nitrogens with zero attached hydrogens (tertiary/aromatic N) is 2. The summed E-state index contributed by atoms with van der Waals surface area (Å²) in [5.74, 6) is -0.344. The minimum Gasteiger partial charge on any atom is -0.346 e. The number of carbonyl (C=O) groups excluding carboxylic acids is 1. The fraction of sp³-hybridized carbons (Fsp3) is 0.143. The molecule has 7 heteroatoms. The average Bonchev–Trinajstić information content (AvgIpc) is 2.91. The summed E-state index contributed by atoms with van der Waals surface area (Å²) in [5, 5.41) is 16.6. The van der Waals surface area contributed by atoms with Crippen LogP contribution in [0, 0.1) is 6.92 Å². The second kappa shape index (κ2) is 5.20. The SMILES string of the molecule is Cc1[nH]ncc1CNC(=O)c1n[nH]c(=O)c2ccccc12. The first kappa shape index (κ1) is 13.0. The van der Waals surface area contributed by atoms with Gasteiger partial charge in [-0.25, -0.2) is 5.10 Å². The smallest absolute Gasteiger partial charge is 0.272 e. The molecule has 0 saturated heterocycles. The van der Waals surface area contributed by atoms with Crippen LogP contribution < -0.4 is 10.9 Å². The molecule has 0 spiro atoms. The average molecular weight is 283 g/mol. The molecular formula is C14H13N5O2. The molecule has 3 rings (SSSR count). The molecule has 0 aliphatic carbocycles. The van der Waals surface area contributed by atoms with Crippen molar-refractivity contribution < 1.29 is 4.79 Å². The molecule has 0 bridgehead atoms. The summed E-state index contributed by atoms with van der Waals surface area (Å²) in [4.78, 5) is 23.9. The third kappa shape index (κ3) is 2.40. The molecule has 0 atom stereocenters. The number of aryl methyl sites for hydroxylation is 1. The van der Waals surface area contributed by atoms with Crippen LogP contribution in [0.15, 0.2) is 35.3 Å². The lowest BCUT2D eigenvalue weighted by atomic mass is 10.1. The van der Waals surface area contributed by atoms with Crippen molar-refractivity contribution in [1.29, 1.82) is 0 Å². The van der Waals surface area contributed by atoms with Crippen LogP contribution in [0.3, 0.4) is 0 Å². The van der Waals surface area contributed by atoms with E-state index in [9.17, 15) is 9.59 Å². The Hall–Kier alpha value is -2.96. The second-order valence-electron chi connectivity index (χ2n) is 4.65. The highest BCUT2D eigenvalue weighted by Crippen LogP contribution is 2.12. The Morgan fingerprint density at radius 3 is 2.71 bits per heavy atom. The number of H-pyrrole nitrogens is 2. The molecule has 0 saturated carbocycles. The second-order valence-corrected chi connectivity index (χ2v) is 4.65. The normalized spacial score (nSPS) is 10.7. The van der Waals surface area contributed by atoms with E-state index in [1.807, 2.05) is 6.92 Å². The number of hydrogen-bond acceptors (Lipinski definition) is 4. The minimum absolute atomic E-state index is 0.200. The number of benzene rings is 1. The molecule has 1 amide bonds. The van der Waals surface area contributed by atoms with Crippen LogP contribution in [-0.2, 0) is 6.54 Å². The van der Waals surface area contributed by atoms with Crippen LogP contribution in [0.25, 0.3) is 10.8 Å². The summed E-state index contributed by atoms with van der Waals surface area (Å²) in [7, 11) is 0. The maximum Gasteiger partial charge on any atom is 0.272 e. The third-order valence-corrected chi connectivity index (χ3v) is 3.28. The Bertz CT molecular complexity index is 865. The lowest BCUT2D eigenvalue weighted by Crippen LogP contribution is -2.26. The summed E-state index contributed by atoms with van der Waals surface area (Å²) >= 11 is 0. The Kier molecular flexibility index (Phi) is 3.23. The van der Waals surface area contributed by atoms with Gasteiger partial charge in [-0.1, -0.05) is 18.2 Å². The number of aromatic amines is 2. The summed E-state index contributed by atoms with van der Waals surface area (Å²) in [5.41, 5.74) is 1.69. The number of rotatable bonds is 3. The first-order chi connectivity index (χ1) is 10.2. The van der Waals surface area contributed by atoms with E-state index in [-0.39, 0.29) is 17.2 Å². The van der Waals surface area contributed by atoms with E-state index in [1.54, 1.807) is 30.5 Å². The van der Waals surface area contributed by atoms with E-state index < -0.39 is 0 Å². The highest BCUT2D eigenvalue weighted by atomic mass is 16.2. The molecule has 0 aliphatic heterocycles. The van der Waals surface area contributed by atoms with E-state index in [0.717, 1.165) is 11.3 Å². The molecule has 3 N–H and O–H groups in total. The van der Waals surface area contributed by atoms with Crippen molar-refractivity contribution in [2.75, 3.05) is 0 Å². The van der Waals surface area contributed by atoms with E-state index >= 15 is 0 Å². The van der Waals surface area contributed by atoms with Crippen molar-refractivity contribution >= 4 is 16.7 Å². The van der Waals surface area contributed by atoms with Crippen LogP contribution in [0.4, 0.5) is 0 Å². The molecule has 2 aromatic heterocycles. The molecule has 7 nitrogen and oxygen atoms in total. The maximum atomic E-state index is 12.3. The number of aromatic nitrogens is 4. The van der Waals surface area contributed by atoms with Crippen LogP contribution >= 0.6 is 0 Å². The Labute approximate surface area is 119 Å². The van der Waals surface area contributed by atoms with Crippen LogP contribution in [0.5, 0.6) is 0 Å². The third-order valence-electron chi connectivity index (χ3n) is 3.28. The zero-order chi connectivity index (χ0) is 14.8. The standard InChI is InChI=1S/C14H13N5O2/c1-8-9(7-16-17-8)6-15-14(21)12-10-4-2-3-5-11(10)13(20)19-18-12/h2-5,7H,6H2,1H3,(H,15,21)(H,16,17)(H,19,20). The predicted octanol–water partition coefficient (Wildman–Crippen LogP) is 0.885. The largest absolute Gasteiger partial charge is 0.346 e. The van der Waals surface area contributed by atoms with Gasteiger partial charge in [0.2, 0.25) is 0 Å². The van der Waals surface area contributed by atoms with Crippen molar-refractivity contribution in [3.05, 3.63) is 57.8 Å². The van der Waals surface area contributed by atoms with Crippen LogP contribution in [0.1, 0.15) is 21.7 Å². The van der Waals surface area contributed by atoms with Gasteiger partial charge >= 0.3 is 0 Å². The molecule has 1 aromatic carbocycles. The molecule has 0 unspecified atom stereocenters. The van der Waals surface area contributed by atoms with Gasteiger partial charge in [-0.15, -0.1) is 0 Å². The number of nitrogens with one attached hydrogen (secondary N) is 3. The lowest BCUT2D eigenvalue weighted by molar-refractivity contribution is 0.0946. The predicted molar refractivity (Wildman–Crippen MR) is 76.9 cm³/mol. The topological polar surface area (TPSA) is 104 Å². The fourth-order valence-corrected chi connectivity index (χ4v) is 2.10. The highest BCUT2D eigenvalue weighted by molar-refractivity contribution is 6.04. The van der Waals surface area contributed by atoms with Crippen molar-refractivity contribution in [1.82, 2.24) is 25.7 Å². The Balaban J connectivity index is 1.90. The van der Waals surface area contributed by atoms with Gasteiger partial charge in [0, 0.05) is 23.2 Å². The quantitative estimate of drug-likeness (QED) is 0.664. The van der Waals surface area contributed by atoms with Gasteiger partial charge in [0.25, 0.3) is 11.5 Å². The molecule has 0 radical (unpaired) electrons. The number of hydrogen-bond donors (Lipinski definition) is 3. The van der Waals surface area contributed by atoms with Gasteiger partial charge in [-0.05, 0) is 13.0 Å². The van der Waals surface area contributed by atoms with Crippen LogP contribution in [-0.4, -0.2) is 26.3 Å². The van der Waals surface area contributed by atoms with Gasteiger partial charge in [0.1, 0.15) is 0 Å². The monoisotopic (exact) mass is 283 g/mol. The van der Waals surface area contributed by atoms with E-state index in [2.05, 4.69) is 25.7 Å². The molecular weight excluding hydrogens is 270 g/mol. The van der Waals surface area contributed by atoms with E-state index in [4.69, 9.17) is 0 Å². The van der Waals surface area contributed by atoms with Crippen molar-refractivity contribution in [3.63, 3.8) is 0 Å². The molecule has 3 aromatic rings. The number of fused-ring (bicyclic) bond motifs is 1. The van der Waals surface area contributed by atoms with Crippen LogP contribution in [0.2, 0.25) is 0 Å². The minimum atomic E-state index is -0.344. The van der Waals surface area contributed by atoms with E-state index in [1.165, 1.54) is 0 Å². The van der Waals surface area contributed by atoms with Crippen molar-refractivity contribution in [3.8, 4) is 0 Å². The summed E-state index contributed by atoms with van der Waals surface area (Å²) in [6, 6.07) is 6.87. The molecule has 0 fully saturated rings. The number of carbonyl (C=O) groups is 1. The fourth-order valence-electron chi connectivity index (χ4n) is 2.10. The van der Waals surface area contributed by atoms with Gasteiger partial charge < -0.3 is 5.32 Å². The highest BCUT2D eigenvalue weighted by Gasteiger charge is 2.14. The maximum absolute atomic E-state index is 12.3. The van der Waals surface area contributed by atoms with Crippen molar-refractivity contribution in [2.45, 2.75) is 13.5 Å². The zero-order valence-electron chi connectivity index (χ0n) is 11.3. The van der Waals surface area contributed by atoms with Gasteiger partial charge in [-0.2, -0.15) is 10.2 Å². The van der Waals surface area contributed by atoms with Crippen molar-refractivity contribution in [2.24, 2.45) is 0 Å². The van der Waals surface area contributed by atoms with Gasteiger partial charge in [0.05, 0.1) is 11.6 Å². The van der Waals surface area contributed by atoms with E-state index in [0.29, 0.717) is 17.3 Å². The summed E-state index contributed by atoms with van der Waals surface area (Å²) < 4.78 is 0. The first-order valence-electron chi connectivity index (χ1n) is 6.41. The lowest BCUT2D eigenvalue weighted by Gasteiger charge is -2.06. The van der Waals surface area contributed by atoms with Gasteiger partial charge in [0.15, 0.2) is 5.69 Å². The summed E-state index contributed by atoms with van der Waals surface area (Å²) in [6.45, 7) is 2.22. The van der Waals surface area contributed by atoms with Gasteiger partial charge in [-0.3, -0.25) is 14.7 Å². The molecule has 106 valence electrons. The Morgan fingerprint density at radius 2 is 2.00 bits per heavy atom. The summed E-state index contributed by atoms with van der Waals surface area (Å²) in [6.07, 6.45) is 1.66. The molecule has 2 heterocycles. The molecule has 21 heavy (non-hydrogen) atoms. The zero-order valence-corrected chi connectivity index (χ0v) is 11.3. The Morgan fingerprint density at radius 1 is 1.24 bits per heavy atom. The molecule has 0 aliphatic rings. The number of amides is 1.